The molecule has 0 bridgehead atoms. The van der Waals surface area contributed by atoms with Crippen molar-refractivity contribution in [1.29, 1.82) is 0 Å². The van der Waals surface area contributed by atoms with Crippen LogP contribution in [-0.4, -0.2) is 51.9 Å². The second kappa shape index (κ2) is 9.95. The number of rotatable bonds is 5. The third-order valence-electron chi connectivity index (χ3n) is 7.42. The van der Waals surface area contributed by atoms with Gasteiger partial charge in [0.05, 0.1) is 23.3 Å². The molecule has 4 N–H and O–H groups in total. The largest absolute Gasteiger partial charge is 0.391 e. The van der Waals surface area contributed by atoms with Gasteiger partial charge in [0.1, 0.15) is 0 Å². The number of nitrogens with zero attached hydrogens (tertiary/aromatic N) is 1. The number of aromatic amines is 1. The van der Waals surface area contributed by atoms with Crippen LogP contribution in [0.3, 0.4) is 0 Å². The highest BCUT2D eigenvalue weighted by atomic mass is 16.3. The molecular formula is C30H32N4O4. The number of aromatic nitrogens is 1. The average Bonchev–Trinajstić information content (AvgIpc) is 3.54. The summed E-state index contributed by atoms with van der Waals surface area (Å²) in [5.74, 6) is -0.629. The minimum atomic E-state index is -0.495. The molecule has 8 heteroatoms. The summed E-state index contributed by atoms with van der Waals surface area (Å²) in [4.78, 5) is 44.0. The Kier molecular flexibility index (Phi) is 6.67. The van der Waals surface area contributed by atoms with Crippen LogP contribution in [0.1, 0.15) is 73.7 Å². The van der Waals surface area contributed by atoms with Crippen molar-refractivity contribution in [3.63, 3.8) is 0 Å². The Morgan fingerprint density at radius 1 is 1.13 bits per heavy atom. The van der Waals surface area contributed by atoms with E-state index >= 15 is 0 Å². The quantitative estimate of drug-likeness (QED) is 0.385. The molecule has 8 nitrogen and oxygen atoms in total. The van der Waals surface area contributed by atoms with Gasteiger partial charge in [-0.05, 0) is 69.5 Å². The van der Waals surface area contributed by atoms with Crippen LogP contribution in [0.5, 0.6) is 0 Å². The van der Waals surface area contributed by atoms with Crippen molar-refractivity contribution in [3.8, 4) is 0 Å². The lowest BCUT2D eigenvalue weighted by Gasteiger charge is -2.16. The maximum Gasteiger partial charge on any atom is 0.256 e. The molecule has 0 unspecified atom stereocenters. The number of amides is 3. The van der Waals surface area contributed by atoms with E-state index in [0.717, 1.165) is 16.7 Å². The van der Waals surface area contributed by atoms with E-state index in [1.165, 1.54) is 0 Å². The van der Waals surface area contributed by atoms with Crippen molar-refractivity contribution >= 4 is 35.1 Å². The minimum absolute atomic E-state index is 0.129. The van der Waals surface area contributed by atoms with Crippen LogP contribution in [0, 0.1) is 20.8 Å². The summed E-state index contributed by atoms with van der Waals surface area (Å²) in [5.41, 5.74) is 6.96. The first-order valence-electron chi connectivity index (χ1n) is 12.8. The molecule has 1 aromatic heterocycles. The number of carbonyl (C=O) groups is 3. The molecule has 2 aromatic carbocycles. The van der Waals surface area contributed by atoms with Crippen molar-refractivity contribution in [2.24, 2.45) is 0 Å². The highest BCUT2D eigenvalue weighted by Gasteiger charge is 2.30. The Morgan fingerprint density at radius 3 is 2.55 bits per heavy atom. The molecule has 3 amide bonds. The standard InChI is InChI=1S/C30H32N4O4/c1-16-5-7-20(8-6-16)18(3)32-28(36)21-9-10-25-23(13-21)24(29(37)33-25)14-26-17(2)27(19(4)31-26)30(38)34-12-11-22(35)15-34/h5-10,13-14,18,22,31,35H,11-12,15H2,1-4H3,(H,32,36)(H,33,37)/b24-14-/t18-,22-/m1/s1. The van der Waals surface area contributed by atoms with Gasteiger partial charge in [0.15, 0.2) is 0 Å². The van der Waals surface area contributed by atoms with Gasteiger partial charge >= 0.3 is 0 Å². The summed E-state index contributed by atoms with van der Waals surface area (Å²) >= 11 is 0. The zero-order valence-electron chi connectivity index (χ0n) is 22.0. The lowest BCUT2D eigenvalue weighted by Crippen LogP contribution is -2.30. The Bertz CT molecular complexity index is 1470. The molecule has 0 spiro atoms. The predicted molar refractivity (Wildman–Crippen MR) is 147 cm³/mol. The molecule has 0 radical (unpaired) electrons. The van der Waals surface area contributed by atoms with Crippen LogP contribution in [0.4, 0.5) is 5.69 Å². The fourth-order valence-electron chi connectivity index (χ4n) is 5.16. The van der Waals surface area contributed by atoms with Crippen LogP contribution in [0.2, 0.25) is 0 Å². The molecule has 0 saturated carbocycles. The first kappa shape index (κ1) is 25.5. The molecular weight excluding hydrogens is 480 g/mol. The summed E-state index contributed by atoms with van der Waals surface area (Å²) < 4.78 is 0. The maximum absolute atomic E-state index is 13.1. The van der Waals surface area contributed by atoms with Crippen LogP contribution in [0.15, 0.2) is 42.5 Å². The van der Waals surface area contributed by atoms with E-state index < -0.39 is 6.10 Å². The number of aliphatic hydroxyl groups excluding tert-OH is 1. The van der Waals surface area contributed by atoms with E-state index in [1.807, 2.05) is 52.0 Å². The molecule has 38 heavy (non-hydrogen) atoms. The van der Waals surface area contributed by atoms with Gasteiger partial charge in [-0.1, -0.05) is 29.8 Å². The van der Waals surface area contributed by atoms with Crippen molar-refractivity contribution < 1.29 is 19.5 Å². The number of hydrogen-bond acceptors (Lipinski definition) is 4. The Balaban J connectivity index is 1.41. The van der Waals surface area contributed by atoms with Gasteiger partial charge in [-0.15, -0.1) is 0 Å². The highest BCUT2D eigenvalue weighted by molar-refractivity contribution is 6.35. The van der Waals surface area contributed by atoms with Gasteiger partial charge in [0.2, 0.25) is 0 Å². The number of anilines is 1. The number of aliphatic hydroxyl groups is 1. The fraction of sp³-hybridized carbons (Fsp3) is 0.300. The molecule has 1 saturated heterocycles. The van der Waals surface area contributed by atoms with Crippen molar-refractivity contribution in [1.82, 2.24) is 15.2 Å². The summed E-state index contributed by atoms with van der Waals surface area (Å²) in [7, 11) is 0. The monoisotopic (exact) mass is 512 g/mol. The van der Waals surface area contributed by atoms with Gasteiger partial charge in [0.25, 0.3) is 17.7 Å². The maximum atomic E-state index is 13.1. The molecule has 5 rings (SSSR count). The average molecular weight is 513 g/mol. The number of carbonyl (C=O) groups excluding carboxylic acids is 3. The zero-order chi connectivity index (χ0) is 27.1. The van der Waals surface area contributed by atoms with Gasteiger partial charge in [-0.25, -0.2) is 0 Å². The topological polar surface area (TPSA) is 115 Å². The van der Waals surface area contributed by atoms with E-state index in [0.29, 0.717) is 58.8 Å². The number of hydrogen-bond donors (Lipinski definition) is 4. The Labute approximate surface area is 221 Å². The van der Waals surface area contributed by atoms with Gasteiger partial charge in [-0.3, -0.25) is 14.4 Å². The smallest absolute Gasteiger partial charge is 0.256 e. The van der Waals surface area contributed by atoms with Crippen LogP contribution < -0.4 is 10.6 Å². The number of nitrogens with one attached hydrogen (secondary N) is 3. The van der Waals surface area contributed by atoms with E-state index in [1.54, 1.807) is 29.2 Å². The summed E-state index contributed by atoms with van der Waals surface area (Å²) in [6, 6.07) is 13.0. The van der Waals surface area contributed by atoms with Crippen LogP contribution >= 0.6 is 0 Å². The number of fused-ring (bicyclic) bond motifs is 1. The van der Waals surface area contributed by atoms with Crippen LogP contribution in [0.25, 0.3) is 11.6 Å². The molecule has 196 valence electrons. The number of β-amino-alcohol motifs (C(OH)–C–C–N with tert-alkyl or cyclic N) is 1. The van der Waals surface area contributed by atoms with Crippen molar-refractivity contribution in [2.45, 2.75) is 46.3 Å². The normalized spacial score (nSPS) is 18.4. The summed E-state index contributed by atoms with van der Waals surface area (Å²) in [5, 5.41) is 15.7. The Hall–Kier alpha value is -4.17. The van der Waals surface area contributed by atoms with Gasteiger partial charge in [-0.2, -0.15) is 0 Å². The van der Waals surface area contributed by atoms with E-state index in [2.05, 4.69) is 15.6 Å². The second-order valence-electron chi connectivity index (χ2n) is 10.2. The minimum Gasteiger partial charge on any atom is -0.391 e. The number of aryl methyl sites for hydroxylation is 2. The summed E-state index contributed by atoms with van der Waals surface area (Å²) in [6.07, 6.45) is 1.81. The SMILES string of the molecule is Cc1ccc([C@@H](C)NC(=O)c2ccc3c(c2)/C(=C/c2[nH]c(C)c(C(=O)N4CC[C@@H](O)C4)c2C)C(=O)N3)cc1. The first-order valence-corrected chi connectivity index (χ1v) is 12.8. The lowest BCUT2D eigenvalue weighted by atomic mass is 10.0. The highest BCUT2D eigenvalue weighted by Crippen LogP contribution is 2.35. The predicted octanol–water partition coefficient (Wildman–Crippen LogP) is 4.13. The van der Waals surface area contributed by atoms with E-state index in [9.17, 15) is 19.5 Å². The molecule has 2 aliphatic heterocycles. The molecule has 3 heterocycles. The third kappa shape index (κ3) is 4.75. The van der Waals surface area contributed by atoms with E-state index in [4.69, 9.17) is 0 Å². The number of H-pyrrole nitrogens is 1. The first-order chi connectivity index (χ1) is 18.1. The molecule has 3 aromatic rings. The molecule has 1 fully saturated rings. The molecule has 2 atom stereocenters. The molecule has 2 aliphatic rings. The zero-order valence-corrected chi connectivity index (χ0v) is 22.0. The van der Waals surface area contributed by atoms with Gasteiger partial charge in [0, 0.05) is 41.3 Å². The number of benzene rings is 2. The number of likely N-dealkylation sites (tertiary alicyclic amines) is 1. The van der Waals surface area contributed by atoms with Crippen molar-refractivity contribution in [2.75, 3.05) is 18.4 Å². The fourth-order valence-corrected chi connectivity index (χ4v) is 5.16. The third-order valence-corrected chi connectivity index (χ3v) is 7.42. The second-order valence-corrected chi connectivity index (χ2v) is 10.2. The molecule has 0 aliphatic carbocycles. The Morgan fingerprint density at radius 2 is 1.87 bits per heavy atom. The van der Waals surface area contributed by atoms with Crippen molar-refractivity contribution in [3.05, 3.63) is 87.2 Å². The van der Waals surface area contributed by atoms with Crippen LogP contribution in [-0.2, 0) is 4.79 Å². The summed E-state index contributed by atoms with van der Waals surface area (Å²) in [6.45, 7) is 8.47. The van der Waals surface area contributed by atoms with E-state index in [-0.39, 0.29) is 23.8 Å². The lowest BCUT2D eigenvalue weighted by molar-refractivity contribution is -0.110. The van der Waals surface area contributed by atoms with Gasteiger partial charge < -0.3 is 25.6 Å².